The number of benzene rings is 2. The first-order valence-electron chi connectivity index (χ1n) is 10.0. The number of hydrogen-bond acceptors (Lipinski definition) is 5. The summed E-state index contributed by atoms with van der Waals surface area (Å²) in [5.41, 5.74) is 2.63. The lowest BCUT2D eigenvalue weighted by molar-refractivity contribution is 0.122. The fraction of sp³-hybridized carbons (Fsp3) is 0.292. The van der Waals surface area contributed by atoms with Gasteiger partial charge in [0.05, 0.1) is 13.2 Å². The number of ether oxygens (including phenoxy) is 1. The molecule has 3 aromatic rings. The fourth-order valence-corrected chi connectivity index (χ4v) is 5.15. The van der Waals surface area contributed by atoms with Gasteiger partial charge >= 0.3 is 0 Å². The molecule has 1 fully saturated rings. The smallest absolute Gasteiger partial charge is 0.101 e. The van der Waals surface area contributed by atoms with Gasteiger partial charge in [-0.1, -0.05) is 55.6 Å². The van der Waals surface area contributed by atoms with Crippen LogP contribution < -0.4 is 4.90 Å². The summed E-state index contributed by atoms with van der Waals surface area (Å²) >= 11 is 3.55. The van der Waals surface area contributed by atoms with E-state index in [4.69, 9.17) is 4.74 Å². The Hall–Kier alpha value is -1.95. The number of rotatable bonds is 6. The lowest BCUT2D eigenvalue weighted by atomic mass is 10.0. The molecule has 1 aliphatic rings. The first kappa shape index (κ1) is 20.3. The molecule has 1 saturated heterocycles. The summed E-state index contributed by atoms with van der Waals surface area (Å²) in [5, 5.41) is 1.02. The van der Waals surface area contributed by atoms with Crippen LogP contribution in [0.5, 0.6) is 0 Å². The maximum atomic E-state index is 5.52. The SMILES string of the molecule is CC(C)c1ccc(Sc2ccc(N3CCOCC3)cc2Sc2ccccn2)cc1. The van der Waals surface area contributed by atoms with E-state index in [-0.39, 0.29) is 0 Å². The molecule has 0 atom stereocenters. The van der Waals surface area contributed by atoms with Crippen molar-refractivity contribution < 1.29 is 4.74 Å². The Bertz CT molecular complexity index is 923. The largest absolute Gasteiger partial charge is 0.378 e. The van der Waals surface area contributed by atoms with E-state index >= 15 is 0 Å². The van der Waals surface area contributed by atoms with Crippen LogP contribution in [0.4, 0.5) is 5.69 Å². The van der Waals surface area contributed by atoms with E-state index < -0.39 is 0 Å². The topological polar surface area (TPSA) is 25.4 Å². The Morgan fingerprint density at radius 2 is 1.69 bits per heavy atom. The zero-order chi connectivity index (χ0) is 20.1. The summed E-state index contributed by atoms with van der Waals surface area (Å²) in [4.78, 5) is 10.7. The van der Waals surface area contributed by atoms with Crippen molar-refractivity contribution in [3.63, 3.8) is 0 Å². The van der Waals surface area contributed by atoms with E-state index in [1.807, 2.05) is 30.1 Å². The van der Waals surface area contributed by atoms with E-state index in [2.05, 4.69) is 72.3 Å². The van der Waals surface area contributed by atoms with Crippen molar-refractivity contribution in [1.82, 2.24) is 4.98 Å². The van der Waals surface area contributed by atoms with Gasteiger partial charge < -0.3 is 9.64 Å². The molecular weight excluding hydrogens is 396 g/mol. The van der Waals surface area contributed by atoms with Crippen molar-refractivity contribution in [2.75, 3.05) is 31.2 Å². The van der Waals surface area contributed by atoms with E-state index in [9.17, 15) is 0 Å². The average molecular weight is 423 g/mol. The van der Waals surface area contributed by atoms with Crippen LogP contribution in [0.1, 0.15) is 25.3 Å². The van der Waals surface area contributed by atoms with Crippen LogP contribution >= 0.6 is 23.5 Å². The first-order chi connectivity index (χ1) is 14.2. The second kappa shape index (κ2) is 9.70. The highest BCUT2D eigenvalue weighted by atomic mass is 32.2. The van der Waals surface area contributed by atoms with Crippen molar-refractivity contribution in [2.24, 2.45) is 0 Å². The standard InChI is InChI=1S/C24H26N2OS2/c1-18(2)19-6-9-21(10-7-19)28-22-11-8-20(26-13-15-27-16-14-26)17-23(22)29-24-5-3-4-12-25-24/h3-12,17-18H,13-16H2,1-2H3. The molecule has 0 amide bonds. The number of aromatic nitrogens is 1. The van der Waals surface area contributed by atoms with Crippen molar-refractivity contribution in [3.05, 3.63) is 72.4 Å². The Labute approximate surface area is 181 Å². The Morgan fingerprint density at radius 1 is 0.897 bits per heavy atom. The molecule has 1 aliphatic heterocycles. The highest BCUT2D eigenvalue weighted by Crippen LogP contribution is 2.40. The number of morpholine rings is 1. The summed E-state index contributed by atoms with van der Waals surface area (Å²) < 4.78 is 5.52. The first-order valence-corrected chi connectivity index (χ1v) is 11.7. The van der Waals surface area contributed by atoms with Crippen molar-refractivity contribution in [2.45, 2.75) is 39.5 Å². The molecule has 0 N–H and O–H groups in total. The van der Waals surface area contributed by atoms with Crippen molar-refractivity contribution >= 4 is 29.2 Å². The van der Waals surface area contributed by atoms with Gasteiger partial charge in [0.15, 0.2) is 0 Å². The van der Waals surface area contributed by atoms with E-state index in [0.717, 1.165) is 31.3 Å². The van der Waals surface area contributed by atoms with Gasteiger partial charge in [-0.2, -0.15) is 0 Å². The molecule has 1 aromatic heterocycles. The third-order valence-corrected chi connectivity index (χ3v) is 7.15. The number of nitrogens with zero attached hydrogens (tertiary/aromatic N) is 2. The predicted molar refractivity (Wildman–Crippen MR) is 122 cm³/mol. The molecule has 150 valence electrons. The number of hydrogen-bond donors (Lipinski definition) is 0. The third kappa shape index (κ3) is 5.35. The Morgan fingerprint density at radius 3 is 2.38 bits per heavy atom. The molecule has 0 bridgehead atoms. The lowest BCUT2D eigenvalue weighted by Crippen LogP contribution is -2.36. The van der Waals surface area contributed by atoms with Gasteiger partial charge in [0.1, 0.15) is 5.03 Å². The molecule has 0 aliphatic carbocycles. The van der Waals surface area contributed by atoms with Crippen LogP contribution in [0.3, 0.4) is 0 Å². The van der Waals surface area contributed by atoms with Crippen LogP contribution in [0.25, 0.3) is 0 Å². The molecule has 5 heteroatoms. The minimum Gasteiger partial charge on any atom is -0.378 e. The normalized spacial score (nSPS) is 14.4. The minimum atomic E-state index is 0.553. The summed E-state index contributed by atoms with van der Waals surface area (Å²) in [6.07, 6.45) is 1.85. The van der Waals surface area contributed by atoms with Crippen LogP contribution in [-0.2, 0) is 4.74 Å². The highest BCUT2D eigenvalue weighted by Gasteiger charge is 2.15. The second-order valence-corrected chi connectivity index (χ2v) is 9.50. The average Bonchev–Trinajstić information content (AvgIpc) is 2.77. The van der Waals surface area contributed by atoms with Gasteiger partial charge in [-0.3, -0.25) is 0 Å². The maximum Gasteiger partial charge on any atom is 0.101 e. The minimum absolute atomic E-state index is 0.553. The lowest BCUT2D eigenvalue weighted by Gasteiger charge is -2.29. The Balaban J connectivity index is 1.62. The van der Waals surface area contributed by atoms with Crippen molar-refractivity contribution in [1.29, 1.82) is 0 Å². The molecular formula is C24H26N2OS2. The quantitative estimate of drug-likeness (QED) is 0.461. The van der Waals surface area contributed by atoms with Gasteiger partial charge in [0.2, 0.25) is 0 Å². The maximum absolute atomic E-state index is 5.52. The van der Waals surface area contributed by atoms with E-state index in [1.54, 1.807) is 11.8 Å². The molecule has 29 heavy (non-hydrogen) atoms. The van der Waals surface area contributed by atoms with Gasteiger partial charge in [-0.25, -0.2) is 4.98 Å². The van der Waals surface area contributed by atoms with E-state index in [1.165, 1.54) is 25.9 Å². The monoisotopic (exact) mass is 422 g/mol. The van der Waals surface area contributed by atoms with E-state index in [0.29, 0.717) is 5.92 Å². The molecule has 2 aromatic carbocycles. The predicted octanol–water partition coefficient (Wildman–Crippen LogP) is 6.34. The van der Waals surface area contributed by atoms with Gasteiger partial charge in [0, 0.05) is 39.7 Å². The molecule has 0 saturated carbocycles. The summed E-state index contributed by atoms with van der Waals surface area (Å²) in [6.45, 7) is 7.93. The third-order valence-electron chi connectivity index (χ3n) is 4.93. The highest BCUT2D eigenvalue weighted by molar-refractivity contribution is 8.02. The molecule has 0 spiro atoms. The second-order valence-electron chi connectivity index (χ2n) is 7.33. The van der Waals surface area contributed by atoms with Crippen molar-refractivity contribution in [3.8, 4) is 0 Å². The van der Waals surface area contributed by atoms with Crippen LogP contribution in [-0.4, -0.2) is 31.3 Å². The molecule has 3 nitrogen and oxygen atoms in total. The molecule has 2 heterocycles. The Kier molecular flexibility index (Phi) is 6.80. The zero-order valence-electron chi connectivity index (χ0n) is 16.9. The molecule has 0 radical (unpaired) electrons. The fourth-order valence-electron chi connectivity index (χ4n) is 3.25. The molecule has 0 unspecified atom stereocenters. The van der Waals surface area contributed by atoms with Gasteiger partial charge in [0.25, 0.3) is 0 Å². The summed E-state index contributed by atoms with van der Waals surface area (Å²) in [7, 11) is 0. The van der Waals surface area contributed by atoms with Crippen LogP contribution in [0.15, 0.2) is 86.6 Å². The number of anilines is 1. The summed E-state index contributed by atoms with van der Waals surface area (Å²) in [6, 6.07) is 21.8. The number of pyridine rings is 1. The molecule has 4 rings (SSSR count). The summed E-state index contributed by atoms with van der Waals surface area (Å²) in [5.74, 6) is 0.553. The zero-order valence-corrected chi connectivity index (χ0v) is 18.5. The van der Waals surface area contributed by atoms with Gasteiger partial charge in [-0.05, 0) is 53.9 Å². The van der Waals surface area contributed by atoms with Crippen LogP contribution in [0, 0.1) is 0 Å². The van der Waals surface area contributed by atoms with Crippen LogP contribution in [0.2, 0.25) is 0 Å². The van der Waals surface area contributed by atoms with Gasteiger partial charge in [-0.15, -0.1) is 0 Å².